The van der Waals surface area contributed by atoms with Crippen LogP contribution in [0.5, 0.6) is 5.75 Å². The summed E-state index contributed by atoms with van der Waals surface area (Å²) in [6.07, 6.45) is 4.31. The molecule has 18 heavy (non-hydrogen) atoms. The van der Waals surface area contributed by atoms with Crippen molar-refractivity contribution >= 4 is 11.6 Å². The van der Waals surface area contributed by atoms with E-state index in [1.807, 2.05) is 24.3 Å². The Balaban J connectivity index is 2.00. The number of nitrogens with one attached hydrogen (secondary N) is 1. The molecular weight excluding hydrogens is 228 g/mol. The molecule has 0 spiro atoms. The summed E-state index contributed by atoms with van der Waals surface area (Å²) in [5, 5.41) is 2.96. The van der Waals surface area contributed by atoms with Crippen LogP contribution in [0.4, 0.5) is 5.69 Å². The van der Waals surface area contributed by atoms with Crippen molar-refractivity contribution in [3.05, 3.63) is 24.3 Å². The Morgan fingerprint density at radius 1 is 1.33 bits per heavy atom. The second kappa shape index (κ2) is 6.40. The zero-order valence-electron chi connectivity index (χ0n) is 10.5. The Morgan fingerprint density at radius 2 is 2.06 bits per heavy atom. The standard InChI is InChI=1S/C14H20N2O2/c15-9-10-18-13-8-4-3-7-12(13)16-14(17)11-5-1-2-6-11/h3-4,7-8,11H,1-2,5-6,9-10,15H2,(H,16,17). The van der Waals surface area contributed by atoms with Gasteiger partial charge in [-0.1, -0.05) is 25.0 Å². The molecule has 98 valence electrons. The largest absolute Gasteiger partial charge is 0.490 e. The molecule has 0 radical (unpaired) electrons. The number of rotatable bonds is 5. The molecule has 0 aliphatic heterocycles. The number of hydrogen-bond acceptors (Lipinski definition) is 3. The lowest BCUT2D eigenvalue weighted by atomic mass is 10.1. The highest BCUT2D eigenvalue weighted by atomic mass is 16.5. The van der Waals surface area contributed by atoms with E-state index < -0.39 is 0 Å². The zero-order valence-corrected chi connectivity index (χ0v) is 10.5. The van der Waals surface area contributed by atoms with Crippen LogP contribution in [0.15, 0.2) is 24.3 Å². The lowest BCUT2D eigenvalue weighted by Gasteiger charge is -2.14. The quantitative estimate of drug-likeness (QED) is 0.839. The molecule has 0 heterocycles. The smallest absolute Gasteiger partial charge is 0.227 e. The van der Waals surface area contributed by atoms with Gasteiger partial charge in [-0.15, -0.1) is 0 Å². The number of nitrogens with two attached hydrogens (primary N) is 1. The average molecular weight is 248 g/mol. The van der Waals surface area contributed by atoms with Gasteiger partial charge in [-0.3, -0.25) is 4.79 Å². The van der Waals surface area contributed by atoms with E-state index in [4.69, 9.17) is 10.5 Å². The summed E-state index contributed by atoms with van der Waals surface area (Å²) in [5.41, 5.74) is 6.15. The Kier molecular flexibility index (Phi) is 4.59. The Hall–Kier alpha value is -1.55. The van der Waals surface area contributed by atoms with Gasteiger partial charge in [-0.2, -0.15) is 0 Å². The van der Waals surface area contributed by atoms with Gasteiger partial charge in [0.15, 0.2) is 0 Å². The number of para-hydroxylation sites is 2. The molecule has 0 aromatic heterocycles. The number of amides is 1. The molecule has 1 aliphatic rings. The van der Waals surface area contributed by atoms with Gasteiger partial charge in [-0.25, -0.2) is 0 Å². The molecule has 1 amide bonds. The van der Waals surface area contributed by atoms with Crippen molar-refractivity contribution < 1.29 is 9.53 Å². The monoisotopic (exact) mass is 248 g/mol. The lowest BCUT2D eigenvalue weighted by molar-refractivity contribution is -0.119. The van der Waals surface area contributed by atoms with Crippen LogP contribution in [0.25, 0.3) is 0 Å². The first-order chi connectivity index (χ1) is 8.81. The second-order valence-corrected chi connectivity index (χ2v) is 4.60. The molecule has 0 bridgehead atoms. The van der Waals surface area contributed by atoms with Gasteiger partial charge in [0.25, 0.3) is 0 Å². The van der Waals surface area contributed by atoms with Crippen LogP contribution in [0, 0.1) is 5.92 Å². The minimum absolute atomic E-state index is 0.108. The lowest BCUT2D eigenvalue weighted by Crippen LogP contribution is -2.21. The molecule has 4 nitrogen and oxygen atoms in total. The third-order valence-electron chi connectivity index (χ3n) is 3.25. The van der Waals surface area contributed by atoms with Crippen LogP contribution in [0.1, 0.15) is 25.7 Å². The number of benzene rings is 1. The number of carbonyl (C=O) groups excluding carboxylic acids is 1. The SMILES string of the molecule is NCCOc1ccccc1NC(=O)C1CCCC1. The molecule has 3 N–H and O–H groups in total. The van der Waals surface area contributed by atoms with E-state index in [1.54, 1.807) is 0 Å². The topological polar surface area (TPSA) is 64.3 Å². The fraction of sp³-hybridized carbons (Fsp3) is 0.500. The number of anilines is 1. The van der Waals surface area contributed by atoms with Crippen LogP contribution >= 0.6 is 0 Å². The van der Waals surface area contributed by atoms with E-state index in [0.29, 0.717) is 18.9 Å². The van der Waals surface area contributed by atoms with E-state index in [-0.39, 0.29) is 11.8 Å². The minimum Gasteiger partial charge on any atom is -0.490 e. The van der Waals surface area contributed by atoms with Gasteiger partial charge in [0.2, 0.25) is 5.91 Å². The Labute approximate surface area is 108 Å². The van der Waals surface area contributed by atoms with Crippen LogP contribution in [0.3, 0.4) is 0 Å². The van der Waals surface area contributed by atoms with E-state index >= 15 is 0 Å². The predicted octanol–water partition coefficient (Wildman–Crippen LogP) is 2.15. The van der Waals surface area contributed by atoms with Crippen molar-refractivity contribution in [3.8, 4) is 5.75 Å². The van der Waals surface area contributed by atoms with Gasteiger partial charge in [0.1, 0.15) is 12.4 Å². The fourth-order valence-corrected chi connectivity index (χ4v) is 2.29. The van der Waals surface area contributed by atoms with Crippen molar-refractivity contribution in [3.63, 3.8) is 0 Å². The fourth-order valence-electron chi connectivity index (χ4n) is 2.29. The van der Waals surface area contributed by atoms with E-state index in [1.165, 1.54) is 0 Å². The maximum Gasteiger partial charge on any atom is 0.227 e. The van der Waals surface area contributed by atoms with Crippen molar-refractivity contribution in [2.75, 3.05) is 18.5 Å². The van der Waals surface area contributed by atoms with Gasteiger partial charge < -0.3 is 15.8 Å². The minimum atomic E-state index is 0.108. The first-order valence-corrected chi connectivity index (χ1v) is 6.54. The second-order valence-electron chi connectivity index (χ2n) is 4.60. The maximum atomic E-state index is 12.0. The van der Waals surface area contributed by atoms with Crippen LogP contribution in [-0.2, 0) is 4.79 Å². The molecule has 2 rings (SSSR count). The summed E-state index contributed by atoms with van der Waals surface area (Å²) >= 11 is 0. The van der Waals surface area contributed by atoms with Crippen LogP contribution < -0.4 is 15.8 Å². The zero-order chi connectivity index (χ0) is 12.8. The predicted molar refractivity (Wildman–Crippen MR) is 71.6 cm³/mol. The van der Waals surface area contributed by atoms with E-state index in [2.05, 4.69) is 5.32 Å². The van der Waals surface area contributed by atoms with Crippen molar-refractivity contribution in [2.24, 2.45) is 11.7 Å². The first kappa shape index (κ1) is 12.9. The average Bonchev–Trinajstić information content (AvgIpc) is 2.91. The Bertz CT molecular complexity index is 401. The highest BCUT2D eigenvalue weighted by Gasteiger charge is 2.23. The highest BCUT2D eigenvalue weighted by Crippen LogP contribution is 2.28. The third-order valence-corrected chi connectivity index (χ3v) is 3.25. The molecule has 1 aromatic carbocycles. The third kappa shape index (κ3) is 3.23. The van der Waals surface area contributed by atoms with Crippen molar-refractivity contribution in [1.29, 1.82) is 0 Å². The molecule has 1 aliphatic carbocycles. The van der Waals surface area contributed by atoms with Crippen molar-refractivity contribution in [2.45, 2.75) is 25.7 Å². The molecule has 0 unspecified atom stereocenters. The van der Waals surface area contributed by atoms with Gasteiger partial charge in [0, 0.05) is 12.5 Å². The molecule has 1 fully saturated rings. The molecule has 0 atom stereocenters. The summed E-state index contributed by atoms with van der Waals surface area (Å²) in [6.45, 7) is 0.918. The number of carbonyl (C=O) groups is 1. The van der Waals surface area contributed by atoms with Gasteiger partial charge in [-0.05, 0) is 25.0 Å². The maximum absolute atomic E-state index is 12.0. The molecule has 0 saturated heterocycles. The molecule has 1 saturated carbocycles. The molecule has 4 heteroatoms. The summed E-state index contributed by atoms with van der Waals surface area (Å²) in [5.74, 6) is 0.957. The van der Waals surface area contributed by atoms with E-state index in [0.717, 1.165) is 31.4 Å². The van der Waals surface area contributed by atoms with Gasteiger partial charge in [0.05, 0.1) is 5.69 Å². The van der Waals surface area contributed by atoms with Crippen LogP contribution in [-0.4, -0.2) is 19.1 Å². The molecular formula is C14H20N2O2. The summed E-state index contributed by atoms with van der Waals surface area (Å²) in [7, 11) is 0. The molecule has 1 aromatic rings. The highest BCUT2D eigenvalue weighted by molar-refractivity contribution is 5.94. The van der Waals surface area contributed by atoms with E-state index in [9.17, 15) is 4.79 Å². The Morgan fingerprint density at radius 3 is 2.78 bits per heavy atom. The summed E-state index contributed by atoms with van der Waals surface area (Å²) in [4.78, 5) is 12.0. The summed E-state index contributed by atoms with van der Waals surface area (Å²) < 4.78 is 5.51. The normalized spacial score (nSPS) is 15.6. The number of ether oxygens (including phenoxy) is 1. The van der Waals surface area contributed by atoms with Gasteiger partial charge >= 0.3 is 0 Å². The van der Waals surface area contributed by atoms with Crippen molar-refractivity contribution in [1.82, 2.24) is 0 Å². The van der Waals surface area contributed by atoms with Crippen LogP contribution in [0.2, 0.25) is 0 Å². The number of hydrogen-bond donors (Lipinski definition) is 2. The first-order valence-electron chi connectivity index (χ1n) is 6.54. The summed E-state index contributed by atoms with van der Waals surface area (Å²) in [6, 6.07) is 7.48.